The molecule has 106 valence electrons. The number of aromatic nitrogens is 1. The van der Waals surface area contributed by atoms with E-state index < -0.39 is 0 Å². The van der Waals surface area contributed by atoms with Gasteiger partial charge in [-0.3, -0.25) is 5.32 Å². The monoisotopic (exact) mass is 309 g/mol. The highest BCUT2D eigenvalue weighted by molar-refractivity contribution is 7.15. The Hall–Kier alpha value is -1.59. The first-order valence-corrected chi connectivity index (χ1v) is 7.48. The number of hydrogen-bond acceptors (Lipinski definition) is 3. The number of halogens is 1. The molecule has 1 aromatic heterocycles. The Morgan fingerprint density at radius 2 is 2.10 bits per heavy atom. The number of rotatable bonds is 4. The van der Waals surface area contributed by atoms with Crippen molar-refractivity contribution in [3.63, 3.8) is 0 Å². The van der Waals surface area contributed by atoms with Gasteiger partial charge in [0.25, 0.3) is 0 Å². The van der Waals surface area contributed by atoms with E-state index in [9.17, 15) is 4.79 Å². The Bertz CT molecular complexity index is 593. The number of thiazole rings is 1. The van der Waals surface area contributed by atoms with Gasteiger partial charge < -0.3 is 5.32 Å². The number of nitrogens with one attached hydrogen (secondary N) is 2. The van der Waals surface area contributed by atoms with Crippen LogP contribution in [0.2, 0.25) is 5.02 Å². The average Bonchev–Trinajstić information content (AvgIpc) is 2.70. The fourth-order valence-electron chi connectivity index (χ4n) is 1.68. The average molecular weight is 310 g/mol. The summed E-state index contributed by atoms with van der Waals surface area (Å²) in [6.07, 6.45) is 0.697. The summed E-state index contributed by atoms with van der Waals surface area (Å²) in [6.45, 7) is 4.43. The SMILES string of the molecule is Cc1nc(NC(=O)NCCc2ccccc2Cl)sc1C. The molecular weight excluding hydrogens is 294 g/mol. The first-order valence-electron chi connectivity index (χ1n) is 6.28. The molecule has 2 N–H and O–H groups in total. The third-order valence-corrected chi connectivity index (χ3v) is 4.24. The highest BCUT2D eigenvalue weighted by atomic mass is 35.5. The summed E-state index contributed by atoms with van der Waals surface area (Å²) in [5.74, 6) is 0. The Labute approximate surface area is 127 Å². The smallest absolute Gasteiger partial charge is 0.321 e. The van der Waals surface area contributed by atoms with Crippen LogP contribution in [-0.4, -0.2) is 17.6 Å². The van der Waals surface area contributed by atoms with Crippen molar-refractivity contribution in [3.8, 4) is 0 Å². The van der Waals surface area contributed by atoms with Gasteiger partial charge in [-0.25, -0.2) is 9.78 Å². The molecule has 1 heterocycles. The second-order valence-corrected chi connectivity index (χ2v) is 5.99. The fourth-order valence-corrected chi connectivity index (χ4v) is 2.72. The zero-order chi connectivity index (χ0) is 14.5. The number of carbonyl (C=O) groups is 1. The summed E-state index contributed by atoms with van der Waals surface area (Å²) in [5.41, 5.74) is 1.97. The summed E-state index contributed by atoms with van der Waals surface area (Å²) < 4.78 is 0. The number of hydrogen-bond donors (Lipinski definition) is 2. The first-order chi connectivity index (χ1) is 9.56. The largest absolute Gasteiger partial charge is 0.337 e. The second kappa shape index (κ2) is 6.72. The molecule has 0 aliphatic carbocycles. The number of urea groups is 1. The molecule has 0 atom stereocenters. The number of amides is 2. The maximum absolute atomic E-state index is 11.7. The standard InChI is InChI=1S/C14H16ClN3OS/c1-9-10(2)20-14(17-9)18-13(19)16-8-7-11-5-3-4-6-12(11)15/h3-6H,7-8H2,1-2H3,(H2,16,17,18,19). The van der Waals surface area contributed by atoms with Gasteiger partial charge in [-0.15, -0.1) is 11.3 Å². The van der Waals surface area contributed by atoms with Crippen LogP contribution in [0.1, 0.15) is 16.1 Å². The van der Waals surface area contributed by atoms with E-state index in [0.29, 0.717) is 18.1 Å². The third kappa shape index (κ3) is 3.95. The predicted octanol–water partition coefficient (Wildman–Crippen LogP) is 3.78. The maximum atomic E-state index is 11.7. The molecule has 0 bridgehead atoms. The van der Waals surface area contributed by atoms with Crippen molar-refractivity contribution in [1.82, 2.24) is 10.3 Å². The molecular formula is C14H16ClN3OS. The lowest BCUT2D eigenvalue weighted by Gasteiger charge is -2.06. The summed E-state index contributed by atoms with van der Waals surface area (Å²) in [4.78, 5) is 17.1. The normalized spacial score (nSPS) is 10.3. The van der Waals surface area contributed by atoms with E-state index >= 15 is 0 Å². The number of benzene rings is 1. The van der Waals surface area contributed by atoms with Crippen molar-refractivity contribution in [2.45, 2.75) is 20.3 Å². The summed E-state index contributed by atoms with van der Waals surface area (Å²) in [7, 11) is 0. The van der Waals surface area contributed by atoms with Crippen molar-refractivity contribution < 1.29 is 4.79 Å². The number of carbonyl (C=O) groups excluding carboxylic acids is 1. The first kappa shape index (κ1) is 14.8. The molecule has 2 rings (SSSR count). The molecule has 2 amide bonds. The van der Waals surface area contributed by atoms with Crippen LogP contribution in [0, 0.1) is 13.8 Å². The van der Waals surface area contributed by atoms with Gasteiger partial charge in [-0.1, -0.05) is 29.8 Å². The molecule has 1 aromatic carbocycles. The molecule has 0 aliphatic rings. The molecule has 0 saturated carbocycles. The zero-order valence-electron chi connectivity index (χ0n) is 11.4. The molecule has 20 heavy (non-hydrogen) atoms. The van der Waals surface area contributed by atoms with Crippen LogP contribution in [0.15, 0.2) is 24.3 Å². The van der Waals surface area contributed by atoms with Gasteiger partial charge in [0, 0.05) is 16.4 Å². The Balaban J connectivity index is 1.80. The fraction of sp³-hybridized carbons (Fsp3) is 0.286. The molecule has 0 fully saturated rings. The highest BCUT2D eigenvalue weighted by Crippen LogP contribution is 2.20. The van der Waals surface area contributed by atoms with Crippen LogP contribution in [-0.2, 0) is 6.42 Å². The van der Waals surface area contributed by atoms with Crippen LogP contribution in [0.5, 0.6) is 0 Å². The van der Waals surface area contributed by atoms with E-state index in [1.54, 1.807) is 0 Å². The van der Waals surface area contributed by atoms with Crippen molar-refractivity contribution in [2.75, 3.05) is 11.9 Å². The van der Waals surface area contributed by atoms with Gasteiger partial charge in [0.2, 0.25) is 0 Å². The minimum absolute atomic E-state index is 0.245. The third-order valence-electron chi connectivity index (χ3n) is 2.89. The molecule has 0 spiro atoms. The summed E-state index contributed by atoms with van der Waals surface area (Å²) in [5, 5.41) is 6.87. The van der Waals surface area contributed by atoms with E-state index in [1.165, 1.54) is 11.3 Å². The van der Waals surface area contributed by atoms with Gasteiger partial charge in [0.1, 0.15) is 0 Å². The molecule has 6 heteroatoms. The molecule has 0 radical (unpaired) electrons. The quantitative estimate of drug-likeness (QED) is 0.903. The second-order valence-electron chi connectivity index (χ2n) is 4.38. The molecule has 0 saturated heterocycles. The van der Waals surface area contributed by atoms with Gasteiger partial charge in [0.05, 0.1) is 5.69 Å². The van der Waals surface area contributed by atoms with Gasteiger partial charge >= 0.3 is 6.03 Å². The van der Waals surface area contributed by atoms with Crippen molar-refractivity contribution in [3.05, 3.63) is 45.4 Å². The van der Waals surface area contributed by atoms with Crippen molar-refractivity contribution in [1.29, 1.82) is 0 Å². The van der Waals surface area contributed by atoms with Crippen LogP contribution >= 0.6 is 22.9 Å². The summed E-state index contributed by atoms with van der Waals surface area (Å²) >= 11 is 7.52. The van der Waals surface area contributed by atoms with Crippen LogP contribution in [0.3, 0.4) is 0 Å². The number of aryl methyl sites for hydroxylation is 2. The Morgan fingerprint density at radius 3 is 2.75 bits per heavy atom. The number of anilines is 1. The van der Waals surface area contributed by atoms with Gasteiger partial charge in [-0.2, -0.15) is 0 Å². The topological polar surface area (TPSA) is 54.0 Å². The molecule has 0 unspecified atom stereocenters. The molecule has 0 aliphatic heterocycles. The van der Waals surface area contributed by atoms with Gasteiger partial charge in [-0.05, 0) is 31.9 Å². The van der Waals surface area contributed by atoms with E-state index in [2.05, 4.69) is 15.6 Å². The van der Waals surface area contributed by atoms with E-state index in [4.69, 9.17) is 11.6 Å². The maximum Gasteiger partial charge on any atom is 0.321 e. The van der Waals surface area contributed by atoms with E-state index in [1.807, 2.05) is 38.1 Å². The van der Waals surface area contributed by atoms with Crippen molar-refractivity contribution >= 4 is 34.1 Å². The van der Waals surface area contributed by atoms with Crippen LogP contribution in [0.25, 0.3) is 0 Å². The Kier molecular flexibility index (Phi) is 4.98. The predicted molar refractivity (Wildman–Crippen MR) is 83.8 cm³/mol. The van der Waals surface area contributed by atoms with E-state index in [0.717, 1.165) is 21.2 Å². The molecule has 4 nitrogen and oxygen atoms in total. The minimum Gasteiger partial charge on any atom is -0.337 e. The van der Waals surface area contributed by atoms with Crippen LogP contribution in [0.4, 0.5) is 9.93 Å². The lowest BCUT2D eigenvalue weighted by Crippen LogP contribution is -2.30. The highest BCUT2D eigenvalue weighted by Gasteiger charge is 2.07. The van der Waals surface area contributed by atoms with E-state index in [-0.39, 0.29) is 6.03 Å². The zero-order valence-corrected chi connectivity index (χ0v) is 12.9. The number of nitrogens with zero attached hydrogens (tertiary/aromatic N) is 1. The summed E-state index contributed by atoms with van der Waals surface area (Å²) in [6, 6.07) is 7.38. The molecule has 2 aromatic rings. The van der Waals surface area contributed by atoms with Gasteiger partial charge in [0.15, 0.2) is 5.13 Å². The lowest BCUT2D eigenvalue weighted by atomic mass is 10.1. The van der Waals surface area contributed by atoms with Crippen LogP contribution < -0.4 is 10.6 Å². The Morgan fingerprint density at radius 1 is 1.35 bits per heavy atom. The van der Waals surface area contributed by atoms with Crippen molar-refractivity contribution in [2.24, 2.45) is 0 Å². The minimum atomic E-state index is -0.245. The lowest BCUT2D eigenvalue weighted by molar-refractivity contribution is 0.252.